The van der Waals surface area contributed by atoms with Crippen molar-refractivity contribution in [1.82, 2.24) is 4.90 Å². The third-order valence-corrected chi connectivity index (χ3v) is 4.51. The molecule has 0 unspecified atom stereocenters. The first-order valence-corrected chi connectivity index (χ1v) is 7.28. The SMILES string of the molecule is COc1cc(C2=C(C(=O)O)N3C(=O)[C@H]([C@@H](C)O)[C@H]3C2)ccc1N. The molecule has 4 N–H and O–H groups in total. The molecule has 2 aliphatic heterocycles. The highest BCUT2D eigenvalue weighted by Gasteiger charge is 2.56. The third kappa shape index (κ3) is 2.16. The van der Waals surface area contributed by atoms with E-state index >= 15 is 0 Å². The number of carboxylic acid groups (broad SMARTS) is 1. The number of ether oxygens (including phenoxy) is 1. The van der Waals surface area contributed by atoms with Crippen LogP contribution in [-0.2, 0) is 9.59 Å². The molecule has 2 heterocycles. The molecule has 7 nitrogen and oxygen atoms in total. The monoisotopic (exact) mass is 318 g/mol. The second-order valence-corrected chi connectivity index (χ2v) is 5.84. The first-order chi connectivity index (χ1) is 10.9. The fraction of sp³-hybridized carbons (Fsp3) is 0.375. The molecule has 0 aromatic heterocycles. The molecule has 1 aromatic rings. The number of rotatable bonds is 4. The molecule has 1 aromatic carbocycles. The first kappa shape index (κ1) is 15.4. The van der Waals surface area contributed by atoms with Gasteiger partial charge in [-0.1, -0.05) is 6.07 Å². The highest BCUT2D eigenvalue weighted by molar-refractivity contribution is 6.06. The number of β-lactam (4-membered cyclic amide) rings is 1. The summed E-state index contributed by atoms with van der Waals surface area (Å²) in [5.41, 5.74) is 7.42. The minimum absolute atomic E-state index is 0.0243. The summed E-state index contributed by atoms with van der Waals surface area (Å²) < 4.78 is 5.18. The summed E-state index contributed by atoms with van der Waals surface area (Å²) >= 11 is 0. The van der Waals surface area contributed by atoms with Crippen LogP contribution in [0.1, 0.15) is 18.9 Å². The number of fused-ring (bicyclic) bond motifs is 1. The summed E-state index contributed by atoms with van der Waals surface area (Å²) in [6.45, 7) is 1.55. The van der Waals surface area contributed by atoms with Crippen molar-refractivity contribution in [2.45, 2.75) is 25.5 Å². The molecule has 1 saturated heterocycles. The Bertz CT molecular complexity index is 725. The van der Waals surface area contributed by atoms with E-state index in [4.69, 9.17) is 10.5 Å². The first-order valence-electron chi connectivity index (χ1n) is 7.28. The van der Waals surface area contributed by atoms with Gasteiger partial charge in [0.25, 0.3) is 0 Å². The minimum Gasteiger partial charge on any atom is -0.495 e. The minimum atomic E-state index is -1.16. The number of carbonyl (C=O) groups excluding carboxylic acids is 1. The number of nitrogen functional groups attached to an aromatic ring is 1. The standard InChI is InChI=1S/C16H18N2O5/c1-7(19)13-11-6-9(14(16(21)22)18(11)15(13)20)8-3-4-10(17)12(5-8)23-2/h3-5,7,11,13,19H,6,17H2,1-2H3,(H,21,22)/t7-,11-,13-/m1/s1. The molecular formula is C16H18N2O5. The smallest absolute Gasteiger partial charge is 0.352 e. The molecule has 0 aliphatic carbocycles. The lowest BCUT2D eigenvalue weighted by molar-refractivity contribution is -0.161. The highest BCUT2D eigenvalue weighted by Crippen LogP contribution is 2.47. The average molecular weight is 318 g/mol. The van der Waals surface area contributed by atoms with E-state index < -0.39 is 18.0 Å². The van der Waals surface area contributed by atoms with Crippen molar-refractivity contribution in [3.63, 3.8) is 0 Å². The second-order valence-electron chi connectivity index (χ2n) is 5.84. The maximum absolute atomic E-state index is 12.2. The zero-order valence-electron chi connectivity index (χ0n) is 12.8. The number of hydrogen-bond acceptors (Lipinski definition) is 5. The highest BCUT2D eigenvalue weighted by atomic mass is 16.5. The predicted octanol–water partition coefficient (Wildman–Crippen LogP) is 0.685. The number of benzene rings is 1. The number of aliphatic carboxylic acids is 1. The number of carboxylic acids is 1. The maximum Gasteiger partial charge on any atom is 0.352 e. The lowest BCUT2D eigenvalue weighted by Gasteiger charge is -2.44. The molecule has 23 heavy (non-hydrogen) atoms. The Morgan fingerprint density at radius 2 is 2.17 bits per heavy atom. The van der Waals surface area contributed by atoms with Crippen LogP contribution in [0.2, 0.25) is 0 Å². The Balaban J connectivity index is 2.05. The van der Waals surface area contributed by atoms with Gasteiger partial charge in [-0.25, -0.2) is 4.79 Å². The molecule has 0 radical (unpaired) electrons. The Morgan fingerprint density at radius 3 is 2.74 bits per heavy atom. The normalized spacial score (nSPS) is 24.3. The van der Waals surface area contributed by atoms with Crippen LogP contribution < -0.4 is 10.5 Å². The number of anilines is 1. The number of hydrogen-bond donors (Lipinski definition) is 3. The van der Waals surface area contributed by atoms with Gasteiger partial charge in [-0.3, -0.25) is 4.79 Å². The van der Waals surface area contributed by atoms with Crippen LogP contribution in [0.5, 0.6) is 5.75 Å². The van der Waals surface area contributed by atoms with Crippen LogP contribution in [0.15, 0.2) is 23.9 Å². The Kier molecular flexibility index (Phi) is 3.52. The molecule has 122 valence electrons. The van der Waals surface area contributed by atoms with Crippen molar-refractivity contribution in [3.8, 4) is 5.75 Å². The van der Waals surface area contributed by atoms with E-state index in [1.807, 2.05) is 0 Å². The quantitative estimate of drug-likeness (QED) is 0.556. The van der Waals surface area contributed by atoms with Crippen LogP contribution in [0.4, 0.5) is 5.69 Å². The molecule has 1 fully saturated rings. The van der Waals surface area contributed by atoms with Crippen molar-refractivity contribution in [1.29, 1.82) is 0 Å². The average Bonchev–Trinajstić information content (AvgIpc) is 2.82. The van der Waals surface area contributed by atoms with Crippen LogP contribution in [0.25, 0.3) is 5.57 Å². The molecule has 3 atom stereocenters. The van der Waals surface area contributed by atoms with Crippen molar-refractivity contribution < 1.29 is 24.5 Å². The molecule has 2 aliphatic rings. The summed E-state index contributed by atoms with van der Waals surface area (Å²) in [6, 6.07) is 4.71. The molecule has 1 amide bonds. The van der Waals surface area contributed by atoms with Gasteiger partial charge < -0.3 is 25.6 Å². The van der Waals surface area contributed by atoms with Crippen LogP contribution in [0.3, 0.4) is 0 Å². The fourth-order valence-electron chi connectivity index (χ4n) is 3.43. The van der Waals surface area contributed by atoms with E-state index in [2.05, 4.69) is 0 Å². The number of aliphatic hydroxyl groups is 1. The van der Waals surface area contributed by atoms with E-state index in [9.17, 15) is 19.8 Å². The summed E-state index contributed by atoms with van der Waals surface area (Å²) in [5, 5.41) is 19.3. The lowest BCUT2D eigenvalue weighted by Crippen LogP contribution is -2.61. The van der Waals surface area contributed by atoms with Gasteiger partial charge in [-0.2, -0.15) is 0 Å². The molecular weight excluding hydrogens is 300 g/mol. The summed E-state index contributed by atoms with van der Waals surface area (Å²) in [4.78, 5) is 25.1. The van der Waals surface area contributed by atoms with Crippen molar-refractivity contribution in [2.24, 2.45) is 5.92 Å². The number of aliphatic hydroxyl groups excluding tert-OH is 1. The Hall–Kier alpha value is -2.54. The number of nitrogens with two attached hydrogens (primary N) is 1. The van der Waals surface area contributed by atoms with Gasteiger partial charge in [-0.05, 0) is 36.6 Å². The topological polar surface area (TPSA) is 113 Å². The van der Waals surface area contributed by atoms with E-state index in [0.29, 0.717) is 29.0 Å². The van der Waals surface area contributed by atoms with Crippen molar-refractivity contribution in [3.05, 3.63) is 29.5 Å². The number of nitrogens with zero attached hydrogens (tertiary/aromatic N) is 1. The molecule has 0 saturated carbocycles. The zero-order valence-corrected chi connectivity index (χ0v) is 12.8. The second kappa shape index (κ2) is 5.27. The molecule has 0 bridgehead atoms. The maximum atomic E-state index is 12.2. The Morgan fingerprint density at radius 1 is 1.48 bits per heavy atom. The summed E-state index contributed by atoms with van der Waals surface area (Å²) in [5.74, 6) is -1.61. The van der Waals surface area contributed by atoms with Crippen LogP contribution in [0, 0.1) is 5.92 Å². The fourth-order valence-corrected chi connectivity index (χ4v) is 3.43. The van der Waals surface area contributed by atoms with Crippen molar-refractivity contribution >= 4 is 23.1 Å². The van der Waals surface area contributed by atoms with Gasteiger partial charge in [0, 0.05) is 0 Å². The van der Waals surface area contributed by atoms with Gasteiger partial charge in [0.2, 0.25) is 5.91 Å². The molecule has 7 heteroatoms. The molecule has 0 spiro atoms. The van der Waals surface area contributed by atoms with Gasteiger partial charge in [0.15, 0.2) is 0 Å². The summed E-state index contributed by atoms with van der Waals surface area (Å²) in [6.07, 6.45) is -0.421. The lowest BCUT2D eigenvalue weighted by atomic mass is 9.82. The van der Waals surface area contributed by atoms with E-state index in [-0.39, 0.29) is 17.6 Å². The third-order valence-electron chi connectivity index (χ3n) is 4.51. The van der Waals surface area contributed by atoms with Gasteiger partial charge in [0.1, 0.15) is 11.4 Å². The number of carbonyl (C=O) groups is 2. The van der Waals surface area contributed by atoms with Crippen molar-refractivity contribution in [2.75, 3.05) is 12.8 Å². The number of amides is 1. The van der Waals surface area contributed by atoms with Crippen LogP contribution in [-0.4, -0.2) is 46.2 Å². The zero-order chi connectivity index (χ0) is 16.9. The van der Waals surface area contributed by atoms with Gasteiger partial charge in [-0.15, -0.1) is 0 Å². The van der Waals surface area contributed by atoms with E-state index in [1.54, 1.807) is 25.1 Å². The molecule has 3 rings (SSSR count). The Labute approximate surface area is 133 Å². The largest absolute Gasteiger partial charge is 0.495 e. The van der Waals surface area contributed by atoms with Gasteiger partial charge >= 0.3 is 5.97 Å². The predicted molar refractivity (Wildman–Crippen MR) is 82.4 cm³/mol. The summed E-state index contributed by atoms with van der Waals surface area (Å²) in [7, 11) is 1.48. The van der Waals surface area contributed by atoms with Gasteiger partial charge in [0.05, 0.1) is 30.9 Å². The van der Waals surface area contributed by atoms with Crippen LogP contribution >= 0.6 is 0 Å². The van der Waals surface area contributed by atoms with E-state index in [0.717, 1.165) is 0 Å². The number of methoxy groups -OCH3 is 1. The van der Waals surface area contributed by atoms with E-state index in [1.165, 1.54) is 12.0 Å².